The number of aliphatic hydroxyl groups excluding tert-OH is 1. The number of ether oxygens (including phenoxy) is 1. The second-order valence-corrected chi connectivity index (χ2v) is 5.81. The monoisotopic (exact) mass is 318 g/mol. The van der Waals surface area contributed by atoms with Gasteiger partial charge in [-0.3, -0.25) is 5.32 Å². The number of alkyl halides is 1. The molecule has 0 fully saturated rings. The van der Waals surface area contributed by atoms with E-state index >= 15 is 0 Å². The lowest BCUT2D eigenvalue weighted by Gasteiger charge is -2.21. The number of hydrogen-bond acceptors (Lipinski definition) is 4. The molecule has 1 unspecified atom stereocenters. The first-order valence-electron chi connectivity index (χ1n) is 6.48. The Bertz CT molecular complexity index is 492. The first-order valence-corrected chi connectivity index (χ1v) is 7.02. The van der Waals surface area contributed by atoms with Gasteiger partial charge in [0.15, 0.2) is 0 Å². The van der Waals surface area contributed by atoms with Gasteiger partial charge in [0.2, 0.25) is 0 Å². The molecule has 0 saturated carbocycles. The quantitative estimate of drug-likeness (QED) is 0.729. The summed E-state index contributed by atoms with van der Waals surface area (Å²) in [6.45, 7) is 5.37. The van der Waals surface area contributed by atoms with Crippen molar-refractivity contribution in [2.45, 2.75) is 32.5 Å². The highest BCUT2D eigenvalue weighted by Gasteiger charge is 2.17. The van der Waals surface area contributed by atoms with Gasteiger partial charge in [-0.05, 0) is 39.0 Å². The highest BCUT2D eigenvalue weighted by atomic mass is 35.5. The second kappa shape index (κ2) is 7.47. The van der Waals surface area contributed by atoms with Crippen LogP contribution in [0.2, 0.25) is 0 Å². The largest absolute Gasteiger partial charge is 0.444 e. The second-order valence-electron chi connectivity index (χ2n) is 5.51. The van der Waals surface area contributed by atoms with Crippen LogP contribution in [0.25, 0.3) is 0 Å². The fraction of sp³-hybridized carbons (Fsp3) is 0.500. The molecule has 0 heterocycles. The van der Waals surface area contributed by atoms with Crippen molar-refractivity contribution in [1.29, 1.82) is 0 Å². The third-order valence-electron chi connectivity index (χ3n) is 2.32. The molecule has 0 aromatic heterocycles. The van der Waals surface area contributed by atoms with Crippen LogP contribution in [0.1, 0.15) is 20.8 Å². The third kappa shape index (κ3) is 6.64. The van der Waals surface area contributed by atoms with Crippen LogP contribution in [0.15, 0.2) is 18.2 Å². The summed E-state index contributed by atoms with van der Waals surface area (Å²) in [4.78, 5) is 11.7. The maximum Gasteiger partial charge on any atom is 0.412 e. The number of hydrogen-bond donors (Lipinski definition) is 3. The smallest absolute Gasteiger partial charge is 0.412 e. The zero-order chi connectivity index (χ0) is 16.0. The van der Waals surface area contributed by atoms with Crippen molar-refractivity contribution in [3.05, 3.63) is 24.0 Å². The van der Waals surface area contributed by atoms with Crippen LogP contribution < -0.4 is 10.6 Å². The zero-order valence-electron chi connectivity index (χ0n) is 12.2. The molecular weight excluding hydrogens is 299 g/mol. The zero-order valence-corrected chi connectivity index (χ0v) is 13.0. The highest BCUT2D eigenvalue weighted by molar-refractivity contribution is 6.18. The van der Waals surface area contributed by atoms with Gasteiger partial charge in [0.05, 0.1) is 23.4 Å². The SMILES string of the molecule is CC(C)(C)OC(=O)Nc1cc(F)ccc1NCC(O)CCl. The Morgan fingerprint density at radius 1 is 1.43 bits per heavy atom. The van der Waals surface area contributed by atoms with Crippen molar-refractivity contribution in [3.63, 3.8) is 0 Å². The van der Waals surface area contributed by atoms with Gasteiger partial charge in [0.25, 0.3) is 0 Å². The van der Waals surface area contributed by atoms with Crippen molar-refractivity contribution < 1.29 is 19.0 Å². The summed E-state index contributed by atoms with van der Waals surface area (Å²) in [7, 11) is 0. The summed E-state index contributed by atoms with van der Waals surface area (Å²) in [6, 6.07) is 3.87. The van der Waals surface area contributed by atoms with Gasteiger partial charge < -0.3 is 15.2 Å². The van der Waals surface area contributed by atoms with E-state index in [1.165, 1.54) is 18.2 Å². The Labute approximate surface area is 128 Å². The molecule has 1 atom stereocenters. The van der Waals surface area contributed by atoms with Gasteiger partial charge in [-0.15, -0.1) is 11.6 Å². The molecule has 1 aromatic rings. The Kier molecular flexibility index (Phi) is 6.23. The molecule has 21 heavy (non-hydrogen) atoms. The minimum Gasteiger partial charge on any atom is -0.444 e. The summed E-state index contributed by atoms with van der Waals surface area (Å²) in [5, 5.41) is 14.8. The number of anilines is 2. The molecule has 7 heteroatoms. The van der Waals surface area contributed by atoms with Crippen molar-refractivity contribution in [3.8, 4) is 0 Å². The first-order chi connectivity index (χ1) is 9.71. The van der Waals surface area contributed by atoms with Crippen LogP contribution in [0, 0.1) is 5.82 Å². The van der Waals surface area contributed by atoms with Gasteiger partial charge in [0, 0.05) is 6.54 Å². The topological polar surface area (TPSA) is 70.6 Å². The number of nitrogens with one attached hydrogen (secondary N) is 2. The van der Waals surface area contributed by atoms with E-state index in [1.807, 2.05) is 0 Å². The average molecular weight is 319 g/mol. The highest BCUT2D eigenvalue weighted by Crippen LogP contribution is 2.23. The van der Waals surface area contributed by atoms with Crippen LogP contribution in [0.3, 0.4) is 0 Å². The molecule has 1 amide bonds. The predicted octanol–water partition coefficient (Wildman–Crippen LogP) is 3.18. The molecule has 0 radical (unpaired) electrons. The van der Waals surface area contributed by atoms with Crippen molar-refractivity contribution in [1.82, 2.24) is 0 Å². The van der Waals surface area contributed by atoms with Crippen molar-refractivity contribution in [2.75, 3.05) is 23.1 Å². The molecule has 0 bridgehead atoms. The standard InChI is InChI=1S/C14H20ClFN2O3/c1-14(2,3)21-13(20)18-12-6-9(16)4-5-11(12)17-8-10(19)7-15/h4-6,10,17,19H,7-8H2,1-3H3,(H,18,20). The third-order valence-corrected chi connectivity index (χ3v) is 2.68. The summed E-state index contributed by atoms with van der Waals surface area (Å²) in [5.41, 5.74) is 0.0391. The van der Waals surface area contributed by atoms with Crippen LogP contribution in [-0.2, 0) is 4.74 Å². The maximum absolute atomic E-state index is 13.3. The molecule has 0 saturated heterocycles. The molecule has 0 spiro atoms. The number of halogens is 2. The van der Waals surface area contributed by atoms with E-state index in [1.54, 1.807) is 20.8 Å². The van der Waals surface area contributed by atoms with Crippen LogP contribution in [-0.4, -0.2) is 35.3 Å². The summed E-state index contributed by atoms with van der Waals surface area (Å²) in [5.74, 6) is -0.423. The van der Waals surface area contributed by atoms with Gasteiger partial charge in [-0.2, -0.15) is 0 Å². The number of amides is 1. The Hall–Kier alpha value is -1.53. The van der Waals surface area contributed by atoms with Gasteiger partial charge in [0.1, 0.15) is 11.4 Å². The van der Waals surface area contributed by atoms with E-state index in [-0.39, 0.29) is 18.1 Å². The molecule has 5 nitrogen and oxygen atoms in total. The Morgan fingerprint density at radius 3 is 2.67 bits per heavy atom. The molecular formula is C14H20ClFN2O3. The average Bonchev–Trinajstić information content (AvgIpc) is 2.35. The molecule has 1 rings (SSSR count). The van der Waals surface area contributed by atoms with Gasteiger partial charge >= 0.3 is 6.09 Å². The molecule has 0 aliphatic heterocycles. The lowest BCUT2D eigenvalue weighted by Crippen LogP contribution is -2.28. The van der Waals surface area contributed by atoms with E-state index in [4.69, 9.17) is 16.3 Å². The van der Waals surface area contributed by atoms with E-state index < -0.39 is 23.6 Å². The summed E-state index contributed by atoms with van der Waals surface area (Å²) < 4.78 is 18.4. The maximum atomic E-state index is 13.3. The minimum absolute atomic E-state index is 0.0724. The lowest BCUT2D eigenvalue weighted by molar-refractivity contribution is 0.0636. The van der Waals surface area contributed by atoms with Crippen molar-refractivity contribution in [2.24, 2.45) is 0 Å². The Morgan fingerprint density at radius 2 is 2.10 bits per heavy atom. The van der Waals surface area contributed by atoms with Crippen LogP contribution in [0.5, 0.6) is 0 Å². The molecule has 0 aliphatic rings. The molecule has 1 aromatic carbocycles. The van der Waals surface area contributed by atoms with E-state index in [0.29, 0.717) is 5.69 Å². The first kappa shape index (κ1) is 17.5. The fourth-order valence-corrected chi connectivity index (χ4v) is 1.58. The van der Waals surface area contributed by atoms with Gasteiger partial charge in [-0.25, -0.2) is 9.18 Å². The fourth-order valence-electron chi connectivity index (χ4n) is 1.47. The molecule has 118 valence electrons. The van der Waals surface area contributed by atoms with Crippen LogP contribution in [0.4, 0.5) is 20.6 Å². The number of carbonyl (C=O) groups excluding carboxylic acids is 1. The van der Waals surface area contributed by atoms with E-state index in [0.717, 1.165) is 0 Å². The number of aliphatic hydroxyl groups is 1. The number of carbonyl (C=O) groups is 1. The van der Waals surface area contributed by atoms with Crippen LogP contribution >= 0.6 is 11.6 Å². The lowest BCUT2D eigenvalue weighted by atomic mass is 10.2. The molecule has 3 N–H and O–H groups in total. The predicted molar refractivity (Wildman–Crippen MR) is 81.5 cm³/mol. The van der Waals surface area contributed by atoms with Crippen molar-refractivity contribution >= 4 is 29.1 Å². The van der Waals surface area contributed by atoms with Gasteiger partial charge in [-0.1, -0.05) is 0 Å². The normalized spacial score (nSPS) is 12.7. The van der Waals surface area contributed by atoms with E-state index in [9.17, 15) is 14.3 Å². The molecule has 0 aliphatic carbocycles. The summed E-state index contributed by atoms with van der Waals surface area (Å²) >= 11 is 5.50. The minimum atomic E-state index is -0.744. The summed E-state index contributed by atoms with van der Waals surface area (Å²) in [6.07, 6.45) is -1.43. The number of benzene rings is 1. The Balaban J connectivity index is 2.79. The number of rotatable bonds is 5. The van der Waals surface area contributed by atoms with E-state index in [2.05, 4.69) is 10.6 Å².